The first-order valence-corrected chi connectivity index (χ1v) is 10.9. The monoisotopic (exact) mass is 430 g/mol. The van der Waals surface area contributed by atoms with E-state index < -0.39 is 5.41 Å². The van der Waals surface area contributed by atoms with E-state index in [2.05, 4.69) is 26.0 Å². The molecule has 6 heterocycles. The molecule has 0 fully saturated rings. The molecule has 0 aliphatic carbocycles. The van der Waals surface area contributed by atoms with Crippen LogP contribution in [0.1, 0.15) is 25.2 Å². The van der Waals surface area contributed by atoms with Crippen LogP contribution in [0.25, 0.3) is 34.1 Å². The van der Waals surface area contributed by atoms with E-state index >= 15 is 0 Å². The minimum atomic E-state index is -0.398. The molecule has 0 aliphatic heterocycles. The number of fused-ring (bicyclic) bond motifs is 2. The Bertz CT molecular complexity index is 1420. The fraction of sp³-hybridized carbons (Fsp3) is 0.111. The Morgan fingerprint density at radius 1 is 0.515 bits per heavy atom. The van der Waals surface area contributed by atoms with Crippen molar-refractivity contribution < 1.29 is 0 Å². The van der Waals surface area contributed by atoms with Gasteiger partial charge in [-0.15, -0.1) is 0 Å². The second kappa shape index (κ2) is 7.38. The van der Waals surface area contributed by atoms with Crippen molar-refractivity contribution in [1.82, 2.24) is 28.7 Å². The van der Waals surface area contributed by atoms with Gasteiger partial charge >= 0.3 is 0 Å². The van der Waals surface area contributed by atoms with Crippen molar-refractivity contribution in [3.8, 4) is 22.8 Å². The Balaban J connectivity index is 1.39. The molecule has 0 bridgehead atoms. The highest BCUT2D eigenvalue weighted by Gasteiger charge is 2.27. The first kappa shape index (κ1) is 19.4. The standard InChI is InChI=1S/C27H22N6/c1-27(2,23-11-7-9-19(28-23)21-17-32-15-5-3-13-25(32)30-21)24-12-8-10-20(29-24)22-18-33-16-6-4-14-26(33)31-22/h3-18H,1-2H3. The first-order valence-electron chi connectivity index (χ1n) is 10.9. The molecule has 0 aliphatic rings. The highest BCUT2D eigenvalue weighted by Crippen LogP contribution is 2.31. The molecular weight excluding hydrogens is 408 g/mol. The Kier molecular flexibility index (Phi) is 4.33. The fourth-order valence-electron chi connectivity index (χ4n) is 4.10. The molecule has 0 atom stereocenters. The van der Waals surface area contributed by atoms with E-state index in [4.69, 9.17) is 19.9 Å². The van der Waals surface area contributed by atoms with Crippen LogP contribution in [-0.4, -0.2) is 28.7 Å². The molecule has 0 unspecified atom stereocenters. The summed E-state index contributed by atoms with van der Waals surface area (Å²) in [7, 11) is 0. The predicted octanol–water partition coefficient (Wildman–Crippen LogP) is 5.43. The Morgan fingerprint density at radius 2 is 1.00 bits per heavy atom. The number of hydrogen-bond donors (Lipinski definition) is 0. The lowest BCUT2D eigenvalue weighted by Gasteiger charge is -2.24. The number of rotatable bonds is 4. The Hall–Kier alpha value is -4.32. The molecule has 6 nitrogen and oxygen atoms in total. The number of pyridine rings is 4. The van der Waals surface area contributed by atoms with Gasteiger partial charge in [-0.3, -0.25) is 9.97 Å². The van der Waals surface area contributed by atoms with Gasteiger partial charge in [0.15, 0.2) is 0 Å². The van der Waals surface area contributed by atoms with Crippen LogP contribution < -0.4 is 0 Å². The zero-order valence-electron chi connectivity index (χ0n) is 18.4. The molecule has 6 rings (SSSR count). The maximum absolute atomic E-state index is 4.99. The number of nitrogens with zero attached hydrogens (tertiary/aromatic N) is 6. The maximum atomic E-state index is 4.99. The van der Waals surface area contributed by atoms with Gasteiger partial charge in [-0.25, -0.2) is 9.97 Å². The third-order valence-electron chi connectivity index (χ3n) is 6.03. The average Bonchev–Trinajstić information content (AvgIpc) is 3.49. The molecule has 33 heavy (non-hydrogen) atoms. The summed E-state index contributed by atoms with van der Waals surface area (Å²) in [6.07, 6.45) is 8.01. The van der Waals surface area contributed by atoms with Crippen LogP contribution in [0.2, 0.25) is 0 Å². The normalized spacial score (nSPS) is 11.9. The van der Waals surface area contributed by atoms with Crippen LogP contribution in [0, 0.1) is 0 Å². The Labute approximate surface area is 191 Å². The van der Waals surface area contributed by atoms with Crippen LogP contribution in [0.5, 0.6) is 0 Å². The number of imidazole rings is 2. The second-order valence-electron chi connectivity index (χ2n) is 8.63. The molecule has 6 aromatic heterocycles. The van der Waals surface area contributed by atoms with Crippen LogP contribution in [-0.2, 0) is 5.41 Å². The van der Waals surface area contributed by atoms with Crippen LogP contribution in [0.15, 0.2) is 97.6 Å². The summed E-state index contributed by atoms with van der Waals surface area (Å²) in [5, 5.41) is 0. The van der Waals surface area contributed by atoms with Gasteiger partial charge in [0, 0.05) is 30.2 Å². The summed E-state index contributed by atoms with van der Waals surface area (Å²) in [6.45, 7) is 4.30. The zero-order chi connectivity index (χ0) is 22.4. The van der Waals surface area contributed by atoms with E-state index in [9.17, 15) is 0 Å². The van der Waals surface area contributed by atoms with E-state index in [1.807, 2.05) is 94.3 Å². The molecule has 0 radical (unpaired) electrons. The molecule has 0 N–H and O–H groups in total. The molecule has 160 valence electrons. The summed E-state index contributed by atoms with van der Waals surface area (Å²) >= 11 is 0. The SMILES string of the molecule is CC(C)(c1cccc(-c2cn3ccccc3n2)n1)c1cccc(-c2cn3ccccc3n2)n1. The molecule has 0 aromatic carbocycles. The van der Waals surface area contributed by atoms with Gasteiger partial charge in [0.05, 0.1) is 22.8 Å². The molecule has 0 saturated heterocycles. The second-order valence-corrected chi connectivity index (χ2v) is 8.63. The lowest BCUT2D eigenvalue weighted by molar-refractivity contribution is 0.596. The topological polar surface area (TPSA) is 60.4 Å². The minimum Gasteiger partial charge on any atom is -0.306 e. The summed E-state index contributed by atoms with van der Waals surface area (Å²) in [5.41, 5.74) is 6.69. The van der Waals surface area contributed by atoms with Crippen LogP contribution >= 0.6 is 0 Å². The minimum absolute atomic E-state index is 0.398. The van der Waals surface area contributed by atoms with Gasteiger partial charge in [-0.2, -0.15) is 0 Å². The quantitative estimate of drug-likeness (QED) is 0.374. The van der Waals surface area contributed by atoms with Gasteiger partial charge in [0.2, 0.25) is 0 Å². The molecule has 6 aromatic rings. The number of hydrogen-bond acceptors (Lipinski definition) is 4. The van der Waals surface area contributed by atoms with Crippen molar-refractivity contribution in [2.45, 2.75) is 19.3 Å². The average molecular weight is 431 g/mol. The predicted molar refractivity (Wildman–Crippen MR) is 129 cm³/mol. The van der Waals surface area contributed by atoms with E-state index in [1.54, 1.807) is 0 Å². The summed E-state index contributed by atoms with van der Waals surface area (Å²) < 4.78 is 4.02. The van der Waals surface area contributed by atoms with E-state index in [1.165, 1.54) is 0 Å². The van der Waals surface area contributed by atoms with E-state index in [-0.39, 0.29) is 0 Å². The molecular formula is C27H22N6. The van der Waals surface area contributed by atoms with Gasteiger partial charge in [-0.05, 0) is 62.4 Å². The van der Waals surface area contributed by atoms with Crippen molar-refractivity contribution in [2.75, 3.05) is 0 Å². The van der Waals surface area contributed by atoms with Crippen molar-refractivity contribution in [2.24, 2.45) is 0 Å². The summed E-state index contributed by atoms with van der Waals surface area (Å²) in [5.74, 6) is 0. The first-order chi connectivity index (χ1) is 16.1. The lowest BCUT2D eigenvalue weighted by atomic mass is 9.84. The highest BCUT2D eigenvalue weighted by molar-refractivity contribution is 5.61. The molecule has 0 amide bonds. The maximum Gasteiger partial charge on any atom is 0.137 e. The lowest BCUT2D eigenvalue weighted by Crippen LogP contribution is -2.22. The van der Waals surface area contributed by atoms with Gasteiger partial charge < -0.3 is 8.80 Å². The van der Waals surface area contributed by atoms with Gasteiger partial charge in [0.25, 0.3) is 0 Å². The van der Waals surface area contributed by atoms with Crippen LogP contribution in [0.4, 0.5) is 0 Å². The van der Waals surface area contributed by atoms with Gasteiger partial charge in [0.1, 0.15) is 22.7 Å². The zero-order valence-corrected chi connectivity index (χ0v) is 18.4. The van der Waals surface area contributed by atoms with Crippen molar-refractivity contribution in [3.05, 3.63) is 109 Å². The number of aromatic nitrogens is 6. The van der Waals surface area contributed by atoms with Gasteiger partial charge in [-0.1, -0.05) is 24.3 Å². The molecule has 0 spiro atoms. The largest absolute Gasteiger partial charge is 0.306 e. The fourth-order valence-corrected chi connectivity index (χ4v) is 4.10. The van der Waals surface area contributed by atoms with E-state index in [0.29, 0.717) is 0 Å². The molecule has 0 saturated carbocycles. The van der Waals surface area contributed by atoms with Crippen molar-refractivity contribution >= 4 is 11.3 Å². The van der Waals surface area contributed by atoms with Crippen molar-refractivity contribution in [3.63, 3.8) is 0 Å². The smallest absolute Gasteiger partial charge is 0.137 e. The van der Waals surface area contributed by atoms with Crippen molar-refractivity contribution in [1.29, 1.82) is 0 Å². The summed E-state index contributed by atoms with van der Waals surface area (Å²) in [6, 6.07) is 24.1. The third-order valence-corrected chi connectivity index (χ3v) is 6.03. The highest BCUT2D eigenvalue weighted by atomic mass is 15.0. The molecule has 6 heteroatoms. The van der Waals surface area contributed by atoms with Crippen LogP contribution in [0.3, 0.4) is 0 Å². The summed E-state index contributed by atoms with van der Waals surface area (Å²) in [4.78, 5) is 19.4. The Morgan fingerprint density at radius 3 is 1.45 bits per heavy atom. The van der Waals surface area contributed by atoms with E-state index in [0.717, 1.165) is 45.5 Å². The third kappa shape index (κ3) is 3.36.